The van der Waals surface area contributed by atoms with Gasteiger partial charge in [-0.25, -0.2) is 8.42 Å². The van der Waals surface area contributed by atoms with Gasteiger partial charge < -0.3 is 15.4 Å². The zero-order valence-electron chi connectivity index (χ0n) is 19.3. The lowest BCUT2D eigenvalue weighted by molar-refractivity contribution is -0.120. The number of ether oxygens (including phenoxy) is 1. The summed E-state index contributed by atoms with van der Waals surface area (Å²) in [6, 6.07) is 12.1. The fourth-order valence-electron chi connectivity index (χ4n) is 4.62. The molecule has 0 radical (unpaired) electrons. The first-order chi connectivity index (χ1) is 16.2. The lowest BCUT2D eigenvalue weighted by Crippen LogP contribution is -2.37. The van der Waals surface area contributed by atoms with Gasteiger partial charge in [0.1, 0.15) is 6.23 Å². The van der Waals surface area contributed by atoms with E-state index in [0.717, 1.165) is 16.7 Å². The smallest absolute Gasteiger partial charge is 0.251 e. The van der Waals surface area contributed by atoms with E-state index in [1.807, 2.05) is 26.0 Å². The van der Waals surface area contributed by atoms with Crippen molar-refractivity contribution in [2.24, 2.45) is 5.92 Å². The SMILES string of the molecule is C=CC(=O)NC1CC2CN(S(=O)(=O)c3ccc(C(=O)NCc4cc(C)cc(C)c4)cc3)CC2O1. The van der Waals surface area contributed by atoms with E-state index in [-0.39, 0.29) is 35.3 Å². The molecule has 0 bridgehead atoms. The third-order valence-electron chi connectivity index (χ3n) is 6.18. The van der Waals surface area contributed by atoms with Crippen LogP contribution in [0.5, 0.6) is 0 Å². The number of nitrogens with one attached hydrogen (secondary N) is 2. The second-order valence-corrected chi connectivity index (χ2v) is 10.8. The van der Waals surface area contributed by atoms with E-state index < -0.39 is 16.3 Å². The predicted molar refractivity (Wildman–Crippen MR) is 127 cm³/mol. The van der Waals surface area contributed by atoms with Gasteiger partial charge in [0.25, 0.3) is 5.91 Å². The third kappa shape index (κ3) is 5.22. The number of carbonyl (C=O) groups is 2. The van der Waals surface area contributed by atoms with Gasteiger partial charge in [0.2, 0.25) is 15.9 Å². The van der Waals surface area contributed by atoms with Crippen molar-refractivity contribution in [1.29, 1.82) is 0 Å². The molecule has 0 saturated carbocycles. The Morgan fingerprint density at radius 2 is 1.79 bits per heavy atom. The standard InChI is InChI=1S/C25H29N3O5S/c1-4-23(29)27-24-12-20-14-28(15-22(20)33-24)34(31,32)21-7-5-19(6-8-21)25(30)26-13-18-10-16(2)9-17(3)11-18/h4-11,20,22,24H,1,12-15H2,2-3H3,(H,26,30)(H,27,29). The zero-order chi connectivity index (χ0) is 24.5. The number of benzene rings is 2. The minimum Gasteiger partial charge on any atom is -0.354 e. The molecule has 2 N–H and O–H groups in total. The Hall–Kier alpha value is -3.01. The topological polar surface area (TPSA) is 105 Å². The van der Waals surface area contributed by atoms with Crippen LogP contribution in [0.3, 0.4) is 0 Å². The second-order valence-electron chi connectivity index (χ2n) is 8.90. The summed E-state index contributed by atoms with van der Waals surface area (Å²) in [6.07, 6.45) is 1.05. The third-order valence-corrected chi connectivity index (χ3v) is 8.03. The summed E-state index contributed by atoms with van der Waals surface area (Å²) in [5.74, 6) is -0.562. The summed E-state index contributed by atoms with van der Waals surface area (Å²) in [6.45, 7) is 8.39. The maximum atomic E-state index is 13.1. The highest BCUT2D eigenvalue weighted by Crippen LogP contribution is 2.34. The van der Waals surface area contributed by atoms with Crippen molar-refractivity contribution >= 4 is 21.8 Å². The molecule has 4 rings (SSSR count). The highest BCUT2D eigenvalue weighted by molar-refractivity contribution is 7.89. The lowest BCUT2D eigenvalue weighted by Gasteiger charge is -2.19. The number of carbonyl (C=O) groups excluding carboxylic acids is 2. The van der Waals surface area contributed by atoms with E-state index in [4.69, 9.17) is 4.74 Å². The minimum atomic E-state index is -3.72. The molecule has 0 spiro atoms. The minimum absolute atomic E-state index is 0.0141. The fourth-order valence-corrected chi connectivity index (χ4v) is 6.12. The van der Waals surface area contributed by atoms with Crippen LogP contribution in [-0.2, 0) is 26.1 Å². The van der Waals surface area contributed by atoms with Crippen LogP contribution < -0.4 is 10.6 Å². The molecular weight excluding hydrogens is 454 g/mol. The molecule has 9 heteroatoms. The number of rotatable bonds is 7. The summed E-state index contributed by atoms with van der Waals surface area (Å²) in [4.78, 5) is 24.1. The van der Waals surface area contributed by atoms with Crippen molar-refractivity contribution < 1.29 is 22.7 Å². The number of hydrogen-bond donors (Lipinski definition) is 2. The van der Waals surface area contributed by atoms with Crippen molar-refractivity contribution in [2.75, 3.05) is 13.1 Å². The highest BCUT2D eigenvalue weighted by Gasteiger charge is 2.46. The molecule has 2 heterocycles. The first kappa shape index (κ1) is 24.1. The number of hydrogen-bond acceptors (Lipinski definition) is 5. The summed E-state index contributed by atoms with van der Waals surface area (Å²) >= 11 is 0. The van der Waals surface area contributed by atoms with E-state index in [2.05, 4.69) is 23.3 Å². The molecule has 2 aliphatic rings. The van der Waals surface area contributed by atoms with E-state index >= 15 is 0 Å². The van der Waals surface area contributed by atoms with Gasteiger partial charge in [-0.05, 0) is 56.2 Å². The van der Waals surface area contributed by atoms with Gasteiger partial charge in [0.15, 0.2) is 0 Å². The Balaban J connectivity index is 1.35. The van der Waals surface area contributed by atoms with Crippen LogP contribution in [0.15, 0.2) is 60.0 Å². The molecule has 2 fully saturated rings. The maximum absolute atomic E-state index is 13.1. The Kier molecular flexibility index (Phi) is 6.88. The number of fused-ring (bicyclic) bond motifs is 1. The van der Waals surface area contributed by atoms with Gasteiger partial charge in [-0.15, -0.1) is 0 Å². The van der Waals surface area contributed by atoms with Gasteiger partial charge in [-0.1, -0.05) is 35.9 Å². The molecule has 3 atom stereocenters. The van der Waals surface area contributed by atoms with Crippen molar-refractivity contribution in [2.45, 2.75) is 44.0 Å². The van der Waals surface area contributed by atoms with Crippen molar-refractivity contribution in [3.63, 3.8) is 0 Å². The van der Waals surface area contributed by atoms with Crippen LogP contribution in [0.1, 0.15) is 33.5 Å². The Morgan fingerprint density at radius 3 is 2.41 bits per heavy atom. The van der Waals surface area contributed by atoms with Crippen LogP contribution in [0.2, 0.25) is 0 Å². The Bertz CT molecular complexity index is 1180. The number of nitrogens with zero attached hydrogens (tertiary/aromatic N) is 1. The number of sulfonamides is 1. The molecule has 2 amide bonds. The van der Waals surface area contributed by atoms with Gasteiger partial charge in [-0.3, -0.25) is 9.59 Å². The summed E-state index contributed by atoms with van der Waals surface area (Å²) in [5, 5.41) is 5.58. The molecule has 0 aliphatic carbocycles. The summed E-state index contributed by atoms with van der Waals surface area (Å²) in [7, 11) is -3.72. The Labute approximate surface area is 200 Å². The number of amides is 2. The van der Waals surface area contributed by atoms with Gasteiger partial charge in [-0.2, -0.15) is 4.31 Å². The fraction of sp³-hybridized carbons (Fsp3) is 0.360. The largest absolute Gasteiger partial charge is 0.354 e. The first-order valence-corrected chi connectivity index (χ1v) is 12.6. The molecular formula is C25H29N3O5S. The van der Waals surface area contributed by atoms with E-state index in [1.165, 1.54) is 34.6 Å². The van der Waals surface area contributed by atoms with Crippen LogP contribution in [0.4, 0.5) is 0 Å². The monoisotopic (exact) mass is 483 g/mol. The molecule has 2 aromatic carbocycles. The van der Waals surface area contributed by atoms with E-state index in [1.54, 1.807) is 0 Å². The summed E-state index contributed by atoms with van der Waals surface area (Å²) < 4.78 is 33.4. The lowest BCUT2D eigenvalue weighted by atomic mass is 10.1. The number of aryl methyl sites for hydroxylation is 2. The van der Waals surface area contributed by atoms with E-state index in [9.17, 15) is 18.0 Å². The molecule has 34 heavy (non-hydrogen) atoms. The first-order valence-electron chi connectivity index (χ1n) is 11.2. The van der Waals surface area contributed by atoms with Crippen molar-refractivity contribution in [3.05, 3.63) is 77.4 Å². The van der Waals surface area contributed by atoms with Crippen LogP contribution >= 0.6 is 0 Å². The van der Waals surface area contributed by atoms with Gasteiger partial charge >= 0.3 is 0 Å². The average molecular weight is 484 g/mol. The average Bonchev–Trinajstić information content (AvgIpc) is 3.36. The van der Waals surface area contributed by atoms with Gasteiger partial charge in [0, 0.05) is 31.1 Å². The van der Waals surface area contributed by atoms with Crippen LogP contribution in [0.25, 0.3) is 0 Å². The highest BCUT2D eigenvalue weighted by atomic mass is 32.2. The van der Waals surface area contributed by atoms with Crippen LogP contribution in [0, 0.1) is 19.8 Å². The normalized spacial score (nSPS) is 22.2. The molecule has 8 nitrogen and oxygen atoms in total. The van der Waals surface area contributed by atoms with Crippen molar-refractivity contribution in [1.82, 2.24) is 14.9 Å². The molecule has 3 unspecified atom stereocenters. The van der Waals surface area contributed by atoms with Crippen molar-refractivity contribution in [3.8, 4) is 0 Å². The Morgan fingerprint density at radius 1 is 1.12 bits per heavy atom. The van der Waals surface area contributed by atoms with Crippen LogP contribution in [-0.4, -0.2) is 50.0 Å². The quantitative estimate of drug-likeness (QED) is 0.588. The molecule has 2 saturated heterocycles. The van der Waals surface area contributed by atoms with E-state index in [0.29, 0.717) is 25.1 Å². The zero-order valence-corrected chi connectivity index (χ0v) is 20.1. The second kappa shape index (κ2) is 9.69. The molecule has 2 aromatic rings. The molecule has 0 aromatic heterocycles. The predicted octanol–water partition coefficient (Wildman–Crippen LogP) is 2.27. The summed E-state index contributed by atoms with van der Waals surface area (Å²) in [5.41, 5.74) is 3.67. The molecule has 180 valence electrons. The maximum Gasteiger partial charge on any atom is 0.251 e. The van der Waals surface area contributed by atoms with Gasteiger partial charge in [0.05, 0.1) is 11.0 Å². The molecule has 2 aliphatic heterocycles.